The Balaban J connectivity index is 1.81. The number of carbonyl (C=O) groups excluding carboxylic acids is 2. The maximum Gasteiger partial charge on any atom is 0.573 e. The Bertz CT molecular complexity index is 823. The lowest BCUT2D eigenvalue weighted by Crippen LogP contribution is -2.35. The van der Waals surface area contributed by atoms with Gasteiger partial charge in [-0.05, 0) is 42.3 Å². The number of halogens is 4. The summed E-state index contributed by atoms with van der Waals surface area (Å²) in [5.74, 6) is -1.67. The van der Waals surface area contributed by atoms with Crippen molar-refractivity contribution in [2.75, 3.05) is 18.9 Å². The van der Waals surface area contributed by atoms with Gasteiger partial charge < -0.3 is 15.0 Å². The molecule has 9 heteroatoms. The number of anilines is 1. The highest BCUT2D eigenvalue weighted by atomic mass is 19.4. The summed E-state index contributed by atoms with van der Waals surface area (Å²) in [7, 11) is 1.43. The van der Waals surface area contributed by atoms with Crippen molar-refractivity contribution in [2.45, 2.75) is 19.2 Å². The predicted molar refractivity (Wildman–Crippen MR) is 94.1 cm³/mol. The molecular weight excluding hydrogens is 380 g/mol. The molecule has 1 N–H and O–H groups in total. The molecule has 0 aliphatic rings. The molecule has 0 saturated carbocycles. The van der Waals surface area contributed by atoms with Gasteiger partial charge in [-0.15, -0.1) is 13.2 Å². The second-order valence-electron chi connectivity index (χ2n) is 5.96. The first kappa shape index (κ1) is 21.2. The first-order valence-electron chi connectivity index (χ1n) is 8.27. The molecule has 0 aliphatic carbocycles. The number of carbonyl (C=O) groups is 2. The topological polar surface area (TPSA) is 58.6 Å². The molecule has 0 atom stereocenters. The number of hydrogen-bond acceptors (Lipinski definition) is 3. The second-order valence-corrected chi connectivity index (χ2v) is 5.96. The lowest BCUT2D eigenvalue weighted by atomic mass is 10.1. The molecule has 0 bridgehead atoms. The summed E-state index contributed by atoms with van der Waals surface area (Å²) in [4.78, 5) is 25.3. The number of aryl methyl sites for hydroxylation is 1. The number of hydrogen-bond donors (Lipinski definition) is 1. The predicted octanol–water partition coefficient (Wildman–Crippen LogP) is 3.75. The largest absolute Gasteiger partial charge is 0.573 e. The van der Waals surface area contributed by atoms with Crippen LogP contribution in [0.4, 0.5) is 23.2 Å². The van der Waals surface area contributed by atoms with Crippen LogP contribution in [0.15, 0.2) is 48.5 Å². The molecule has 0 radical (unpaired) electrons. The lowest BCUT2D eigenvalue weighted by molar-refractivity contribution is -0.274. The molecule has 0 aromatic heterocycles. The summed E-state index contributed by atoms with van der Waals surface area (Å²) in [6, 6.07) is 10.7. The minimum absolute atomic E-state index is 0.0359. The minimum atomic E-state index is -4.80. The summed E-state index contributed by atoms with van der Waals surface area (Å²) in [5.41, 5.74) is 0.668. The molecule has 2 rings (SSSR count). The molecule has 5 nitrogen and oxygen atoms in total. The molecule has 2 aromatic rings. The molecule has 0 unspecified atom stereocenters. The third kappa shape index (κ3) is 6.90. The lowest BCUT2D eigenvalue weighted by Gasteiger charge is -2.17. The zero-order chi connectivity index (χ0) is 20.7. The monoisotopic (exact) mass is 398 g/mol. The third-order valence-electron chi connectivity index (χ3n) is 3.74. The van der Waals surface area contributed by atoms with E-state index in [2.05, 4.69) is 10.1 Å². The highest BCUT2D eigenvalue weighted by Crippen LogP contribution is 2.23. The zero-order valence-electron chi connectivity index (χ0n) is 14.9. The van der Waals surface area contributed by atoms with Gasteiger partial charge in [0.05, 0.1) is 6.54 Å². The number of nitrogens with zero attached hydrogens (tertiary/aromatic N) is 1. The van der Waals surface area contributed by atoms with Crippen LogP contribution in [-0.4, -0.2) is 36.7 Å². The number of likely N-dealkylation sites (N-methyl/N-ethyl adjacent to an activating group) is 1. The fraction of sp³-hybridized carbons (Fsp3) is 0.263. The highest BCUT2D eigenvalue weighted by molar-refractivity contribution is 5.94. The van der Waals surface area contributed by atoms with Gasteiger partial charge in [-0.2, -0.15) is 0 Å². The van der Waals surface area contributed by atoms with Gasteiger partial charge in [-0.25, -0.2) is 4.39 Å². The maximum atomic E-state index is 13.6. The minimum Gasteiger partial charge on any atom is -0.406 e. The van der Waals surface area contributed by atoms with Crippen molar-refractivity contribution in [3.05, 3.63) is 59.9 Å². The van der Waals surface area contributed by atoms with Crippen LogP contribution in [0.5, 0.6) is 5.75 Å². The number of ether oxygens (including phenoxy) is 1. The maximum absolute atomic E-state index is 13.6. The molecule has 2 amide bonds. The molecule has 0 heterocycles. The van der Waals surface area contributed by atoms with E-state index in [1.807, 2.05) is 0 Å². The zero-order valence-corrected chi connectivity index (χ0v) is 14.9. The average molecular weight is 398 g/mol. The van der Waals surface area contributed by atoms with E-state index < -0.39 is 23.8 Å². The standard InChI is InChI=1S/C19H18F4N2O3/c1-25(18(27)11-6-13-4-2-3-5-16(13)20)12-17(26)24-14-7-9-15(10-8-14)28-19(21,22)23/h2-5,7-10H,6,11-12H2,1H3,(H,24,26). The van der Waals surface area contributed by atoms with Crippen LogP contribution in [0.25, 0.3) is 0 Å². The van der Waals surface area contributed by atoms with E-state index in [1.165, 1.54) is 30.1 Å². The molecular formula is C19H18F4N2O3. The van der Waals surface area contributed by atoms with Crippen molar-refractivity contribution in [2.24, 2.45) is 0 Å². The molecule has 150 valence electrons. The van der Waals surface area contributed by atoms with E-state index in [0.29, 0.717) is 5.56 Å². The summed E-state index contributed by atoms with van der Waals surface area (Å²) in [5, 5.41) is 2.47. The van der Waals surface area contributed by atoms with Crippen molar-refractivity contribution in [3.63, 3.8) is 0 Å². The van der Waals surface area contributed by atoms with Crippen LogP contribution in [0, 0.1) is 5.82 Å². The van der Waals surface area contributed by atoms with Crippen LogP contribution in [0.2, 0.25) is 0 Å². The molecule has 0 spiro atoms. The Morgan fingerprint density at radius 1 is 1.07 bits per heavy atom. The number of amides is 2. The Labute approximate surface area is 158 Å². The van der Waals surface area contributed by atoms with E-state index in [4.69, 9.17) is 0 Å². The van der Waals surface area contributed by atoms with Gasteiger partial charge in [0.1, 0.15) is 11.6 Å². The van der Waals surface area contributed by atoms with E-state index in [0.717, 1.165) is 12.1 Å². The average Bonchev–Trinajstić information content (AvgIpc) is 2.61. The van der Waals surface area contributed by atoms with Crippen LogP contribution >= 0.6 is 0 Å². The van der Waals surface area contributed by atoms with E-state index in [-0.39, 0.29) is 31.0 Å². The fourth-order valence-electron chi connectivity index (χ4n) is 2.38. The van der Waals surface area contributed by atoms with Crippen molar-refractivity contribution >= 4 is 17.5 Å². The molecule has 0 aliphatic heterocycles. The number of nitrogens with one attached hydrogen (secondary N) is 1. The summed E-state index contributed by atoms with van der Waals surface area (Å²) in [6.45, 7) is -0.253. The van der Waals surface area contributed by atoms with Crippen LogP contribution < -0.4 is 10.1 Å². The van der Waals surface area contributed by atoms with Gasteiger partial charge >= 0.3 is 6.36 Å². The quantitative estimate of drug-likeness (QED) is 0.723. The number of alkyl halides is 3. The van der Waals surface area contributed by atoms with Gasteiger partial charge in [0.15, 0.2) is 0 Å². The van der Waals surface area contributed by atoms with Crippen LogP contribution in [0.1, 0.15) is 12.0 Å². The van der Waals surface area contributed by atoms with E-state index in [9.17, 15) is 27.2 Å². The third-order valence-corrected chi connectivity index (χ3v) is 3.74. The summed E-state index contributed by atoms with van der Waals surface area (Å²) < 4.78 is 53.6. The summed E-state index contributed by atoms with van der Waals surface area (Å²) in [6.07, 6.45) is -4.55. The molecule has 0 fully saturated rings. The second kappa shape index (κ2) is 9.20. The van der Waals surface area contributed by atoms with Crippen LogP contribution in [-0.2, 0) is 16.0 Å². The molecule has 2 aromatic carbocycles. The van der Waals surface area contributed by atoms with Gasteiger partial charge in [-0.1, -0.05) is 18.2 Å². The molecule has 0 saturated heterocycles. The van der Waals surface area contributed by atoms with Crippen molar-refractivity contribution in [1.82, 2.24) is 4.90 Å². The van der Waals surface area contributed by atoms with Crippen LogP contribution in [0.3, 0.4) is 0 Å². The smallest absolute Gasteiger partial charge is 0.406 e. The van der Waals surface area contributed by atoms with Crippen molar-refractivity contribution < 1.29 is 31.9 Å². The van der Waals surface area contributed by atoms with Crippen molar-refractivity contribution in [3.8, 4) is 5.75 Å². The Morgan fingerprint density at radius 3 is 2.32 bits per heavy atom. The Kier molecular flexibility index (Phi) is 6.97. The molecule has 28 heavy (non-hydrogen) atoms. The first-order chi connectivity index (χ1) is 13.1. The fourth-order valence-corrected chi connectivity index (χ4v) is 2.38. The van der Waals surface area contributed by atoms with Gasteiger partial charge in [0, 0.05) is 19.2 Å². The number of benzene rings is 2. The van der Waals surface area contributed by atoms with Gasteiger partial charge in [0.25, 0.3) is 0 Å². The first-order valence-corrected chi connectivity index (χ1v) is 8.27. The Hall–Kier alpha value is -3.10. The van der Waals surface area contributed by atoms with Crippen molar-refractivity contribution in [1.29, 1.82) is 0 Å². The number of rotatable bonds is 7. The SMILES string of the molecule is CN(CC(=O)Nc1ccc(OC(F)(F)F)cc1)C(=O)CCc1ccccc1F. The Morgan fingerprint density at radius 2 is 1.71 bits per heavy atom. The van der Waals surface area contributed by atoms with Gasteiger partial charge in [0.2, 0.25) is 11.8 Å². The normalized spacial score (nSPS) is 11.0. The van der Waals surface area contributed by atoms with Gasteiger partial charge in [-0.3, -0.25) is 9.59 Å². The van der Waals surface area contributed by atoms with E-state index in [1.54, 1.807) is 18.2 Å². The van der Waals surface area contributed by atoms with E-state index >= 15 is 0 Å². The highest BCUT2D eigenvalue weighted by Gasteiger charge is 2.31. The summed E-state index contributed by atoms with van der Waals surface area (Å²) >= 11 is 0.